The lowest BCUT2D eigenvalue weighted by Crippen LogP contribution is -2.20. The fraction of sp³-hybridized carbons (Fsp3) is 0.0645. The highest BCUT2D eigenvalue weighted by atomic mass is 19.1. The normalized spacial score (nSPS) is 14.0. The predicted molar refractivity (Wildman–Crippen MR) is 142 cm³/mol. The Labute approximate surface area is 208 Å². The fourth-order valence-electron chi connectivity index (χ4n) is 4.76. The van der Waals surface area contributed by atoms with Crippen molar-refractivity contribution in [2.75, 3.05) is 11.5 Å². The first kappa shape index (κ1) is 21.9. The van der Waals surface area contributed by atoms with E-state index in [9.17, 15) is 9.18 Å². The third kappa shape index (κ3) is 3.85. The average molecular weight is 475 g/mol. The topological polar surface area (TPSA) is 34.5 Å². The zero-order valence-corrected chi connectivity index (χ0v) is 19.5. The van der Waals surface area contributed by atoms with E-state index < -0.39 is 0 Å². The van der Waals surface area contributed by atoms with Crippen LogP contribution in [0.15, 0.2) is 109 Å². The van der Waals surface area contributed by atoms with Crippen molar-refractivity contribution in [3.8, 4) is 5.75 Å². The summed E-state index contributed by atoms with van der Waals surface area (Å²) in [6.07, 6.45) is 4.00. The summed E-state index contributed by atoms with van der Waals surface area (Å²) in [4.78, 5) is 15.4. The number of hydrogen-bond acceptors (Lipinski definition) is 2. The van der Waals surface area contributed by atoms with Crippen LogP contribution in [0.4, 0.5) is 15.8 Å². The minimum absolute atomic E-state index is 0.0536. The van der Waals surface area contributed by atoms with Crippen LogP contribution < -0.4 is 9.64 Å². The Balaban J connectivity index is 1.36. The lowest BCUT2D eigenvalue weighted by atomic mass is 10.0. The molecular weight excluding hydrogens is 451 g/mol. The van der Waals surface area contributed by atoms with Crippen LogP contribution in [0.5, 0.6) is 5.75 Å². The smallest absolute Gasteiger partial charge is 0.263 e. The number of nitrogens with zero attached hydrogens (tertiary/aromatic N) is 2. The highest BCUT2D eigenvalue weighted by Crippen LogP contribution is 2.42. The van der Waals surface area contributed by atoms with Crippen LogP contribution in [-0.2, 0) is 11.3 Å². The van der Waals surface area contributed by atoms with Gasteiger partial charge in [0.1, 0.15) is 6.61 Å². The molecule has 176 valence electrons. The summed E-state index contributed by atoms with van der Waals surface area (Å²) in [6, 6.07) is 32.1. The molecule has 0 spiro atoms. The van der Waals surface area contributed by atoms with Gasteiger partial charge < -0.3 is 9.30 Å². The molecule has 0 saturated heterocycles. The van der Waals surface area contributed by atoms with Crippen LogP contribution in [0.1, 0.15) is 11.1 Å². The van der Waals surface area contributed by atoms with Crippen LogP contribution in [-0.4, -0.2) is 17.1 Å². The molecule has 0 unspecified atom stereocenters. The highest BCUT2D eigenvalue weighted by Gasteiger charge is 2.33. The first-order valence-electron chi connectivity index (χ1n) is 11.9. The quantitative estimate of drug-likeness (QED) is 0.247. The molecule has 0 aliphatic carbocycles. The van der Waals surface area contributed by atoms with Crippen LogP contribution in [0, 0.1) is 5.82 Å². The summed E-state index contributed by atoms with van der Waals surface area (Å²) in [5.74, 6) is -0.186. The summed E-state index contributed by atoms with van der Waals surface area (Å²) in [5.41, 5.74) is 5.25. The second-order valence-electron chi connectivity index (χ2n) is 8.63. The summed E-state index contributed by atoms with van der Waals surface area (Å²) in [5, 5.41) is 1.04. The highest BCUT2D eigenvalue weighted by molar-refractivity contribution is 6.38. The minimum Gasteiger partial charge on any atom is -0.489 e. The first-order valence-corrected chi connectivity index (χ1v) is 11.9. The Kier molecular flexibility index (Phi) is 5.58. The number of carbonyl (C=O) groups excluding carboxylic acids is 1. The van der Waals surface area contributed by atoms with Crippen molar-refractivity contribution in [3.63, 3.8) is 0 Å². The van der Waals surface area contributed by atoms with Gasteiger partial charge in [0.25, 0.3) is 5.91 Å². The third-order valence-electron chi connectivity index (χ3n) is 6.43. The van der Waals surface area contributed by atoms with Crippen molar-refractivity contribution in [2.45, 2.75) is 6.54 Å². The molecule has 0 N–H and O–H groups in total. The zero-order valence-electron chi connectivity index (χ0n) is 19.5. The second-order valence-corrected chi connectivity index (χ2v) is 8.63. The van der Waals surface area contributed by atoms with Gasteiger partial charge in [-0.25, -0.2) is 4.39 Å². The van der Waals surface area contributed by atoms with Gasteiger partial charge in [0, 0.05) is 33.9 Å². The lowest BCUT2D eigenvalue weighted by molar-refractivity contribution is -0.112. The summed E-state index contributed by atoms with van der Waals surface area (Å²) in [6.45, 7) is 0.859. The molecule has 1 amide bonds. The van der Waals surface area contributed by atoms with Crippen molar-refractivity contribution < 1.29 is 13.9 Å². The number of aromatic nitrogens is 1. The number of carbonyl (C=O) groups is 1. The van der Waals surface area contributed by atoms with Gasteiger partial charge in [-0.2, -0.15) is 0 Å². The monoisotopic (exact) mass is 474 g/mol. The molecule has 0 bridgehead atoms. The van der Waals surface area contributed by atoms with Gasteiger partial charge in [-0.15, -0.1) is 0 Å². The molecule has 6 rings (SSSR count). The Bertz CT molecular complexity index is 1600. The number of halogens is 1. The number of anilines is 2. The van der Waals surface area contributed by atoms with Gasteiger partial charge in [0.05, 0.1) is 17.8 Å². The van der Waals surface area contributed by atoms with E-state index in [4.69, 9.17) is 4.74 Å². The molecule has 0 atom stereocenters. The molecule has 0 radical (unpaired) electrons. The average Bonchev–Trinajstić information content (AvgIpc) is 3.40. The van der Waals surface area contributed by atoms with E-state index in [0.29, 0.717) is 18.7 Å². The van der Waals surface area contributed by atoms with E-state index in [-0.39, 0.29) is 17.5 Å². The van der Waals surface area contributed by atoms with Crippen molar-refractivity contribution in [1.29, 1.82) is 0 Å². The Morgan fingerprint density at radius 2 is 1.53 bits per heavy atom. The SMILES string of the molecule is O=C1/C(=C/c2cn(CCOc3ccccc3F)c3ccccc23)c2ccccc2N1c1ccccc1. The second kappa shape index (κ2) is 9.19. The third-order valence-corrected chi connectivity index (χ3v) is 6.43. The molecule has 36 heavy (non-hydrogen) atoms. The Morgan fingerprint density at radius 1 is 0.806 bits per heavy atom. The van der Waals surface area contributed by atoms with Gasteiger partial charge in [0.2, 0.25) is 0 Å². The minimum atomic E-state index is -0.373. The zero-order chi connectivity index (χ0) is 24.5. The van der Waals surface area contributed by atoms with E-state index in [0.717, 1.165) is 33.4 Å². The van der Waals surface area contributed by atoms with Crippen LogP contribution in [0.25, 0.3) is 22.6 Å². The number of para-hydroxylation sites is 4. The molecule has 0 fully saturated rings. The first-order chi connectivity index (χ1) is 17.7. The molecule has 0 saturated carbocycles. The largest absolute Gasteiger partial charge is 0.489 e. The van der Waals surface area contributed by atoms with Crippen molar-refractivity contribution in [3.05, 3.63) is 126 Å². The van der Waals surface area contributed by atoms with E-state index in [1.54, 1.807) is 23.1 Å². The number of rotatable bonds is 6. The summed E-state index contributed by atoms with van der Waals surface area (Å²) in [7, 11) is 0. The Hall–Kier alpha value is -4.64. The van der Waals surface area contributed by atoms with Crippen LogP contribution in [0.2, 0.25) is 0 Å². The molecule has 4 aromatic carbocycles. The maximum absolute atomic E-state index is 13.9. The van der Waals surface area contributed by atoms with Crippen molar-refractivity contribution in [2.24, 2.45) is 0 Å². The van der Waals surface area contributed by atoms with Crippen molar-refractivity contribution >= 4 is 39.8 Å². The van der Waals surface area contributed by atoms with E-state index in [1.165, 1.54) is 6.07 Å². The maximum Gasteiger partial charge on any atom is 0.263 e. The molecule has 4 nitrogen and oxygen atoms in total. The number of ether oxygens (including phenoxy) is 1. The molecule has 2 heterocycles. The number of benzene rings is 4. The van der Waals surface area contributed by atoms with E-state index in [1.807, 2.05) is 85.1 Å². The predicted octanol–water partition coefficient (Wildman–Crippen LogP) is 7.08. The van der Waals surface area contributed by atoms with Gasteiger partial charge >= 0.3 is 0 Å². The maximum atomic E-state index is 13.9. The molecule has 5 heteroatoms. The summed E-state index contributed by atoms with van der Waals surface area (Å²) < 4.78 is 21.7. The van der Waals surface area contributed by atoms with Gasteiger partial charge in [0.15, 0.2) is 11.6 Å². The number of fused-ring (bicyclic) bond motifs is 2. The standard InChI is InChI=1S/C31H23FN2O2/c32-27-14-6-9-17-30(27)36-19-18-33-21-22(24-12-4-7-15-28(24)33)20-26-25-13-5-8-16-29(25)34(31(26)35)23-10-2-1-3-11-23/h1-17,20-21H,18-19H2/b26-20+. The van der Waals surface area contributed by atoms with Gasteiger partial charge in [-0.3, -0.25) is 9.69 Å². The van der Waals surface area contributed by atoms with E-state index >= 15 is 0 Å². The lowest BCUT2D eigenvalue weighted by Gasteiger charge is -2.16. The van der Waals surface area contributed by atoms with Gasteiger partial charge in [-0.05, 0) is 42.5 Å². The van der Waals surface area contributed by atoms with Crippen LogP contribution in [0.3, 0.4) is 0 Å². The molecular formula is C31H23FN2O2. The number of amides is 1. The molecule has 1 aliphatic heterocycles. The summed E-state index contributed by atoms with van der Waals surface area (Å²) >= 11 is 0. The van der Waals surface area contributed by atoms with Crippen molar-refractivity contribution in [1.82, 2.24) is 4.57 Å². The molecule has 1 aromatic heterocycles. The van der Waals surface area contributed by atoms with Crippen LogP contribution >= 0.6 is 0 Å². The molecule has 5 aromatic rings. The fourth-order valence-corrected chi connectivity index (χ4v) is 4.76. The number of hydrogen-bond donors (Lipinski definition) is 0. The van der Waals surface area contributed by atoms with E-state index in [2.05, 4.69) is 10.6 Å². The Morgan fingerprint density at radius 3 is 2.39 bits per heavy atom. The van der Waals surface area contributed by atoms with Gasteiger partial charge in [-0.1, -0.05) is 66.7 Å². The molecule has 1 aliphatic rings.